The van der Waals surface area contributed by atoms with Gasteiger partial charge in [-0.05, 0) is 48.8 Å². The number of benzene rings is 2. The van der Waals surface area contributed by atoms with E-state index in [4.69, 9.17) is 4.74 Å². The Morgan fingerprint density at radius 1 is 1.07 bits per heavy atom. The molecule has 1 aliphatic carbocycles. The second-order valence-electron chi connectivity index (χ2n) is 6.45. The summed E-state index contributed by atoms with van der Waals surface area (Å²) in [4.78, 5) is 24.1. The molecule has 0 spiro atoms. The molecule has 0 saturated carbocycles. The Kier molecular flexibility index (Phi) is 6.07. The van der Waals surface area contributed by atoms with E-state index in [-0.39, 0.29) is 5.70 Å². The molecule has 5 heteroatoms. The molecule has 0 fully saturated rings. The highest BCUT2D eigenvalue weighted by molar-refractivity contribution is 6.01. The molecule has 0 bridgehead atoms. The van der Waals surface area contributed by atoms with Gasteiger partial charge in [-0.1, -0.05) is 54.1 Å². The number of aryl methyl sites for hydroxylation is 1. The van der Waals surface area contributed by atoms with E-state index >= 15 is 0 Å². The number of hydrogen-bond donors (Lipinski definition) is 2. The van der Waals surface area contributed by atoms with Crippen molar-refractivity contribution in [3.63, 3.8) is 0 Å². The molecular weight excluding hydrogens is 354 g/mol. The summed E-state index contributed by atoms with van der Waals surface area (Å²) in [5, 5.41) is 12.1. The second-order valence-corrected chi connectivity index (χ2v) is 6.45. The van der Waals surface area contributed by atoms with Gasteiger partial charge < -0.3 is 15.2 Å². The molecule has 3 rings (SSSR count). The van der Waals surface area contributed by atoms with Crippen molar-refractivity contribution in [2.75, 3.05) is 0 Å². The first-order chi connectivity index (χ1) is 13.5. The van der Waals surface area contributed by atoms with Gasteiger partial charge in [0.2, 0.25) is 0 Å². The first-order valence-corrected chi connectivity index (χ1v) is 8.92. The zero-order valence-corrected chi connectivity index (χ0v) is 15.5. The summed E-state index contributed by atoms with van der Waals surface area (Å²) in [6, 6.07) is 16.5. The molecule has 0 aliphatic heterocycles. The Labute approximate surface area is 163 Å². The monoisotopic (exact) mass is 375 g/mol. The fraction of sp³-hybridized carbons (Fsp3) is 0.130. The van der Waals surface area contributed by atoms with Crippen LogP contribution in [-0.4, -0.2) is 17.0 Å². The molecule has 0 aromatic heterocycles. The van der Waals surface area contributed by atoms with Gasteiger partial charge in [0.15, 0.2) is 0 Å². The number of carboxylic acid groups (broad SMARTS) is 1. The van der Waals surface area contributed by atoms with E-state index in [0.29, 0.717) is 29.9 Å². The molecule has 0 atom stereocenters. The molecule has 2 aromatic rings. The first kappa shape index (κ1) is 19.2. The minimum atomic E-state index is -1.19. The molecule has 0 saturated heterocycles. The Bertz CT molecular complexity index is 954. The van der Waals surface area contributed by atoms with Gasteiger partial charge in [0.05, 0.1) is 0 Å². The average molecular weight is 375 g/mol. The lowest BCUT2D eigenvalue weighted by molar-refractivity contribution is -0.133. The molecule has 142 valence electrons. The standard InChI is InChI=1S/C23H21NO4/c1-16-10-12-17(13-11-16)15-28-20-9-5-8-19(14-20)21(23(26)27)24-22(25)18-6-3-2-4-7-18/h2-7,9-14H,8,15H2,1H3,(H,24,25)(H,26,27). The number of carbonyl (C=O) groups excluding carboxylic acids is 1. The summed E-state index contributed by atoms with van der Waals surface area (Å²) < 4.78 is 5.79. The zero-order valence-electron chi connectivity index (χ0n) is 15.5. The van der Waals surface area contributed by atoms with Gasteiger partial charge >= 0.3 is 5.97 Å². The molecule has 5 nitrogen and oxygen atoms in total. The van der Waals surface area contributed by atoms with Gasteiger partial charge in [-0.2, -0.15) is 0 Å². The van der Waals surface area contributed by atoms with Crippen LogP contribution < -0.4 is 5.32 Å². The van der Waals surface area contributed by atoms with Crippen LogP contribution in [0.15, 0.2) is 89.9 Å². The van der Waals surface area contributed by atoms with Crippen molar-refractivity contribution in [1.82, 2.24) is 5.32 Å². The SMILES string of the molecule is Cc1ccc(COC2=CC(=C(NC(=O)c3ccccc3)C(=O)O)CC=C2)cc1. The van der Waals surface area contributed by atoms with Crippen LogP contribution >= 0.6 is 0 Å². The van der Waals surface area contributed by atoms with Crippen LogP contribution in [0.4, 0.5) is 0 Å². The highest BCUT2D eigenvalue weighted by Crippen LogP contribution is 2.21. The van der Waals surface area contributed by atoms with E-state index in [1.165, 1.54) is 5.56 Å². The Hall–Kier alpha value is -3.60. The Morgan fingerprint density at radius 2 is 1.79 bits per heavy atom. The molecule has 1 amide bonds. The predicted molar refractivity (Wildman–Crippen MR) is 106 cm³/mol. The van der Waals surface area contributed by atoms with Crippen LogP contribution in [0.25, 0.3) is 0 Å². The fourth-order valence-electron chi connectivity index (χ4n) is 2.74. The molecule has 0 unspecified atom stereocenters. The summed E-state index contributed by atoms with van der Waals surface area (Å²) in [5.74, 6) is -1.10. The summed E-state index contributed by atoms with van der Waals surface area (Å²) >= 11 is 0. The predicted octanol–water partition coefficient (Wildman–Crippen LogP) is 4.12. The minimum absolute atomic E-state index is 0.144. The average Bonchev–Trinajstić information content (AvgIpc) is 2.72. The van der Waals surface area contributed by atoms with Gasteiger partial charge in [0.1, 0.15) is 18.1 Å². The third-order valence-corrected chi connectivity index (χ3v) is 4.27. The number of amides is 1. The molecule has 1 aliphatic rings. The van der Waals surface area contributed by atoms with E-state index in [0.717, 1.165) is 5.56 Å². The van der Waals surface area contributed by atoms with Crippen molar-refractivity contribution in [2.45, 2.75) is 20.0 Å². The highest BCUT2D eigenvalue weighted by Gasteiger charge is 2.18. The van der Waals surface area contributed by atoms with Crippen molar-refractivity contribution in [3.05, 3.63) is 107 Å². The summed E-state index contributed by atoms with van der Waals surface area (Å²) in [6.07, 6.45) is 5.67. The van der Waals surface area contributed by atoms with Gasteiger partial charge in [-0.25, -0.2) is 4.79 Å². The number of rotatable bonds is 6. The third-order valence-electron chi connectivity index (χ3n) is 4.27. The van der Waals surface area contributed by atoms with Crippen molar-refractivity contribution in [3.8, 4) is 0 Å². The molecule has 0 heterocycles. The maximum Gasteiger partial charge on any atom is 0.352 e. The van der Waals surface area contributed by atoms with E-state index in [1.54, 1.807) is 42.5 Å². The maximum absolute atomic E-state index is 12.3. The number of hydrogen-bond acceptors (Lipinski definition) is 3. The summed E-state index contributed by atoms with van der Waals surface area (Å²) in [7, 11) is 0. The molecular formula is C23H21NO4. The van der Waals surface area contributed by atoms with Crippen LogP contribution in [0.2, 0.25) is 0 Å². The quantitative estimate of drug-likeness (QED) is 0.745. The highest BCUT2D eigenvalue weighted by atomic mass is 16.5. The molecule has 28 heavy (non-hydrogen) atoms. The second kappa shape index (κ2) is 8.86. The Balaban J connectivity index is 1.76. The number of aliphatic carboxylic acids is 1. The summed E-state index contributed by atoms with van der Waals surface area (Å²) in [5.41, 5.74) is 2.93. The number of carboxylic acids is 1. The number of ether oxygens (including phenoxy) is 1. The summed E-state index contributed by atoms with van der Waals surface area (Å²) in [6.45, 7) is 2.40. The maximum atomic E-state index is 12.3. The van der Waals surface area contributed by atoms with Crippen LogP contribution in [0.3, 0.4) is 0 Å². The van der Waals surface area contributed by atoms with Crippen molar-refractivity contribution < 1.29 is 19.4 Å². The fourth-order valence-corrected chi connectivity index (χ4v) is 2.74. The smallest absolute Gasteiger partial charge is 0.352 e. The number of allylic oxidation sites excluding steroid dienone is 4. The van der Waals surface area contributed by atoms with E-state index in [1.807, 2.05) is 37.3 Å². The van der Waals surface area contributed by atoms with Crippen molar-refractivity contribution in [2.24, 2.45) is 0 Å². The van der Waals surface area contributed by atoms with Crippen LogP contribution in [0.1, 0.15) is 27.9 Å². The van der Waals surface area contributed by atoms with Crippen molar-refractivity contribution >= 4 is 11.9 Å². The topological polar surface area (TPSA) is 75.6 Å². The normalized spacial score (nSPS) is 14.8. The molecule has 2 aromatic carbocycles. The van der Waals surface area contributed by atoms with Gasteiger partial charge in [-0.15, -0.1) is 0 Å². The van der Waals surface area contributed by atoms with Gasteiger partial charge in [-0.3, -0.25) is 4.79 Å². The molecule has 2 N–H and O–H groups in total. The lowest BCUT2D eigenvalue weighted by Crippen LogP contribution is -2.28. The van der Waals surface area contributed by atoms with Crippen molar-refractivity contribution in [1.29, 1.82) is 0 Å². The lowest BCUT2D eigenvalue weighted by Gasteiger charge is -2.15. The van der Waals surface area contributed by atoms with E-state index < -0.39 is 11.9 Å². The lowest BCUT2D eigenvalue weighted by atomic mass is 10.0. The number of carbonyl (C=O) groups is 2. The van der Waals surface area contributed by atoms with E-state index in [2.05, 4.69) is 5.32 Å². The van der Waals surface area contributed by atoms with Crippen LogP contribution in [0.5, 0.6) is 0 Å². The van der Waals surface area contributed by atoms with Gasteiger partial charge in [0, 0.05) is 5.56 Å². The Morgan fingerprint density at radius 3 is 2.46 bits per heavy atom. The number of nitrogens with one attached hydrogen (secondary N) is 1. The first-order valence-electron chi connectivity index (χ1n) is 8.92. The minimum Gasteiger partial charge on any atom is -0.489 e. The largest absolute Gasteiger partial charge is 0.489 e. The van der Waals surface area contributed by atoms with E-state index in [9.17, 15) is 14.7 Å². The zero-order chi connectivity index (χ0) is 19.9. The van der Waals surface area contributed by atoms with Gasteiger partial charge in [0.25, 0.3) is 5.91 Å². The van der Waals surface area contributed by atoms with Crippen LogP contribution in [0, 0.1) is 6.92 Å². The molecule has 0 radical (unpaired) electrons. The third kappa shape index (κ3) is 4.98. The van der Waals surface area contributed by atoms with Crippen LogP contribution in [-0.2, 0) is 16.1 Å².